The highest BCUT2D eigenvalue weighted by molar-refractivity contribution is 7.22. The number of carboxylic acids is 1. The van der Waals surface area contributed by atoms with Crippen LogP contribution in [0.5, 0.6) is 5.75 Å². The molecule has 3 fully saturated rings. The molecule has 3 aromatic carbocycles. The first-order valence-electron chi connectivity index (χ1n) is 25.1. The number of alkyl halides is 3. The van der Waals surface area contributed by atoms with E-state index in [2.05, 4.69) is 35.5 Å². The summed E-state index contributed by atoms with van der Waals surface area (Å²) in [5.41, 5.74) is 2.05. The van der Waals surface area contributed by atoms with E-state index >= 15 is 13.2 Å². The topological polar surface area (TPSA) is 197 Å². The number of aromatic carboxylic acids is 1. The number of imide groups is 1. The van der Waals surface area contributed by atoms with Crippen molar-refractivity contribution in [3.63, 3.8) is 0 Å². The zero-order valence-electron chi connectivity index (χ0n) is 40.9. The summed E-state index contributed by atoms with van der Waals surface area (Å²) in [6.07, 6.45) is -2.07. The van der Waals surface area contributed by atoms with E-state index in [4.69, 9.17) is 14.5 Å². The number of carbonyl (C=O) groups is 4. The van der Waals surface area contributed by atoms with Crippen LogP contribution in [-0.4, -0.2) is 117 Å². The second kappa shape index (κ2) is 20.7. The summed E-state index contributed by atoms with van der Waals surface area (Å²) < 4.78 is 60.5. The Bertz CT molecular complexity index is 3320. The number of aromatic nitrogens is 5. The number of nitrogens with one attached hydrogen (secondary N) is 2. The van der Waals surface area contributed by atoms with E-state index in [0.717, 1.165) is 65.3 Å². The summed E-state index contributed by atoms with van der Waals surface area (Å²) in [7, 11) is 1.80. The van der Waals surface area contributed by atoms with Gasteiger partial charge in [0.15, 0.2) is 16.5 Å². The first-order chi connectivity index (χ1) is 36.2. The number of nitrogens with zero attached hydrogens (tertiary/aromatic N) is 8. The van der Waals surface area contributed by atoms with Crippen LogP contribution in [0.15, 0.2) is 84.9 Å². The van der Waals surface area contributed by atoms with E-state index in [0.29, 0.717) is 73.7 Å². The summed E-state index contributed by atoms with van der Waals surface area (Å²) in [6, 6.07) is 23.8. The number of amides is 3. The summed E-state index contributed by atoms with van der Waals surface area (Å²) in [6.45, 7) is 5.00. The minimum Gasteiger partial charge on any atom is -0.490 e. The number of benzene rings is 3. The van der Waals surface area contributed by atoms with Crippen LogP contribution in [0.4, 0.5) is 29.9 Å². The highest BCUT2D eigenvalue weighted by Crippen LogP contribution is 2.45. The highest BCUT2D eigenvalue weighted by atomic mass is 32.1. The maximum Gasteiger partial charge on any atom is 0.420 e. The zero-order chi connectivity index (χ0) is 52.0. The molecule has 11 rings (SSSR count). The average molecular weight is 1040 g/mol. The minimum absolute atomic E-state index is 0.0660. The van der Waals surface area contributed by atoms with Crippen LogP contribution in [0, 0.1) is 0 Å². The molecule has 21 heteroatoms. The molecule has 7 heterocycles. The van der Waals surface area contributed by atoms with Crippen LogP contribution in [0.1, 0.15) is 87.7 Å². The molecule has 388 valence electrons. The number of ether oxygens (including phenoxy) is 2. The largest absolute Gasteiger partial charge is 0.490 e. The number of carboxylic acid groups (broad SMARTS) is 1. The van der Waals surface area contributed by atoms with Crippen molar-refractivity contribution in [1.29, 1.82) is 0 Å². The number of hydrogen-bond donors (Lipinski definition) is 3. The lowest BCUT2D eigenvalue weighted by molar-refractivity contribution is -0.139. The van der Waals surface area contributed by atoms with Crippen molar-refractivity contribution in [2.24, 2.45) is 7.05 Å². The molecule has 75 heavy (non-hydrogen) atoms. The van der Waals surface area contributed by atoms with Crippen LogP contribution < -0.4 is 25.2 Å². The number of pyridine rings is 2. The van der Waals surface area contributed by atoms with Crippen molar-refractivity contribution in [3.05, 3.63) is 119 Å². The third-order valence-electron chi connectivity index (χ3n) is 14.7. The van der Waals surface area contributed by atoms with E-state index in [1.165, 1.54) is 41.7 Å². The van der Waals surface area contributed by atoms with Gasteiger partial charge in [-0.15, -0.1) is 0 Å². The quantitative estimate of drug-likeness (QED) is 0.0934. The van der Waals surface area contributed by atoms with Gasteiger partial charge in [-0.25, -0.2) is 19.7 Å². The SMILES string of the molecule is Cn1nc(C2CCC(=O)NC2=O)c2ccc(N3CCN(CCOC4CCC(Oc5cccc(-c6ccc(N7CCc8cccc(C(=O)Nc9nc%10ccccc%10s9)c8C7)nc6C(=O)O)c5C(F)(F)F)CC4)CC3)nc21. The van der Waals surface area contributed by atoms with Gasteiger partial charge in [0, 0.05) is 81.4 Å². The monoisotopic (exact) mass is 1040 g/mol. The Hall–Kier alpha value is -7.49. The van der Waals surface area contributed by atoms with Crippen LogP contribution >= 0.6 is 11.3 Å². The predicted molar refractivity (Wildman–Crippen MR) is 275 cm³/mol. The highest BCUT2D eigenvalue weighted by Gasteiger charge is 2.40. The molecule has 2 saturated heterocycles. The molecular weight excluding hydrogens is 990 g/mol. The van der Waals surface area contributed by atoms with E-state index in [-0.39, 0.29) is 59.5 Å². The number of aryl methyl sites for hydroxylation is 1. The molecule has 4 aliphatic rings. The Kier molecular flexibility index (Phi) is 13.7. The molecule has 3 N–H and O–H groups in total. The third-order valence-corrected chi connectivity index (χ3v) is 15.6. The number of carbonyl (C=O) groups excluding carboxylic acids is 3. The Morgan fingerprint density at radius 2 is 1.57 bits per heavy atom. The number of fused-ring (bicyclic) bond motifs is 3. The van der Waals surface area contributed by atoms with Gasteiger partial charge in [0.25, 0.3) is 5.91 Å². The first-order valence-corrected chi connectivity index (χ1v) is 26.0. The predicted octanol–water partition coefficient (Wildman–Crippen LogP) is 8.22. The molecule has 17 nitrogen and oxygen atoms in total. The van der Waals surface area contributed by atoms with Gasteiger partial charge in [-0.2, -0.15) is 18.3 Å². The number of halogens is 3. The standard InChI is InChI=1S/C54H53F3N10O7S/c1-64-49-37(47(63-64)38-18-21-45(68)61-51(38)70)17-20-44(60-49)66-26-24-65(25-27-66)28-29-73-32-12-14-33(15-13-32)74-41-10-5-7-34(46(41)54(55,56)57)35-16-19-43(59-48(35)52(71)72)67-23-22-31-6-4-8-36(39(31)30-67)50(69)62-53-58-40-9-2-3-11-42(40)75-53/h2-11,16-17,19-20,32-33,38H,12-15,18,21-30H2,1H3,(H,71,72)(H,58,62,69)(H,61,68,70). The van der Waals surface area contributed by atoms with Crippen molar-refractivity contribution in [2.45, 2.75) is 75.8 Å². The summed E-state index contributed by atoms with van der Waals surface area (Å²) in [4.78, 5) is 71.0. The van der Waals surface area contributed by atoms with Gasteiger partial charge in [0.2, 0.25) is 11.8 Å². The van der Waals surface area contributed by atoms with Crippen molar-refractivity contribution < 1.29 is 46.9 Å². The van der Waals surface area contributed by atoms with Gasteiger partial charge in [-0.3, -0.25) is 34.6 Å². The lowest BCUT2D eigenvalue weighted by Crippen LogP contribution is -2.47. The van der Waals surface area contributed by atoms with Crippen molar-refractivity contribution in [3.8, 4) is 16.9 Å². The van der Waals surface area contributed by atoms with Gasteiger partial charge in [0.05, 0.1) is 40.6 Å². The van der Waals surface area contributed by atoms with Gasteiger partial charge in [0.1, 0.15) is 22.9 Å². The maximum absolute atomic E-state index is 15.2. The normalized spacial score (nSPS) is 19.5. The van der Waals surface area contributed by atoms with E-state index in [9.17, 15) is 24.3 Å². The summed E-state index contributed by atoms with van der Waals surface area (Å²) in [5.74, 6) is -2.23. The molecule has 0 spiro atoms. The molecule has 3 amide bonds. The van der Waals surface area contributed by atoms with E-state index in [1.807, 2.05) is 53.4 Å². The minimum atomic E-state index is -4.89. The number of para-hydroxylation sites is 1. The van der Waals surface area contributed by atoms with Crippen LogP contribution in [0.25, 0.3) is 32.4 Å². The lowest BCUT2D eigenvalue weighted by atomic mass is 9.93. The van der Waals surface area contributed by atoms with E-state index < -0.39 is 35.4 Å². The van der Waals surface area contributed by atoms with Gasteiger partial charge < -0.3 is 24.4 Å². The molecule has 3 aliphatic heterocycles. The van der Waals surface area contributed by atoms with Crippen LogP contribution in [0.3, 0.4) is 0 Å². The number of piperazine rings is 1. The molecular formula is C54H53F3N10O7S. The summed E-state index contributed by atoms with van der Waals surface area (Å²) in [5, 5.41) is 21.6. The average Bonchev–Trinajstić information content (AvgIpc) is 3.97. The molecule has 0 radical (unpaired) electrons. The van der Waals surface area contributed by atoms with Crippen molar-refractivity contribution >= 4 is 73.0 Å². The third kappa shape index (κ3) is 10.4. The number of thiazole rings is 1. The zero-order valence-corrected chi connectivity index (χ0v) is 41.8. The fraction of sp³-hybridized carbons (Fsp3) is 0.370. The Morgan fingerprint density at radius 3 is 2.35 bits per heavy atom. The second-order valence-corrected chi connectivity index (χ2v) is 20.4. The number of rotatable bonds is 13. The second-order valence-electron chi connectivity index (χ2n) is 19.4. The van der Waals surface area contributed by atoms with Crippen molar-refractivity contribution in [1.82, 2.24) is 34.9 Å². The first kappa shape index (κ1) is 49.7. The smallest absolute Gasteiger partial charge is 0.420 e. The Morgan fingerprint density at radius 1 is 0.813 bits per heavy atom. The molecule has 0 bridgehead atoms. The van der Waals surface area contributed by atoms with Crippen LogP contribution in [-0.2, 0) is 40.5 Å². The molecule has 1 atom stereocenters. The van der Waals surface area contributed by atoms with Gasteiger partial charge in [-0.05, 0) is 98.2 Å². The molecule has 4 aromatic heterocycles. The lowest BCUT2D eigenvalue weighted by Gasteiger charge is -2.36. The number of piperidine rings is 1. The number of anilines is 3. The molecule has 1 saturated carbocycles. The maximum atomic E-state index is 15.2. The van der Waals surface area contributed by atoms with E-state index in [1.54, 1.807) is 17.8 Å². The van der Waals surface area contributed by atoms with Crippen molar-refractivity contribution in [2.75, 3.05) is 61.0 Å². The van der Waals surface area contributed by atoms with Gasteiger partial charge in [-0.1, -0.05) is 47.7 Å². The Labute approximate surface area is 432 Å². The summed E-state index contributed by atoms with van der Waals surface area (Å²) >= 11 is 1.36. The molecule has 1 aliphatic carbocycles. The molecule has 1 unspecified atom stereocenters. The Balaban J connectivity index is 0.694. The fourth-order valence-electron chi connectivity index (χ4n) is 10.8. The van der Waals surface area contributed by atoms with Crippen LogP contribution in [0.2, 0.25) is 0 Å². The fourth-order valence-corrected chi connectivity index (χ4v) is 11.7. The molecule has 7 aromatic rings. The number of hydrogen-bond acceptors (Lipinski definition) is 14. The van der Waals surface area contributed by atoms with Gasteiger partial charge >= 0.3 is 12.1 Å².